The van der Waals surface area contributed by atoms with Crippen LogP contribution in [0, 0.1) is 5.92 Å². The molecule has 2 heterocycles. The number of benzene rings is 1. The molecule has 4 heteroatoms. The van der Waals surface area contributed by atoms with Gasteiger partial charge in [-0.15, -0.1) is 12.4 Å². The second-order valence-corrected chi connectivity index (χ2v) is 6.45. The molecule has 2 aliphatic heterocycles. The highest BCUT2D eigenvalue weighted by Crippen LogP contribution is 2.37. The Balaban J connectivity index is 0.00000132. The molecule has 2 unspecified atom stereocenters. The second-order valence-electron chi connectivity index (χ2n) is 6.45. The maximum atomic E-state index is 12.8. The standard InChI is InChI=1S/C17H22N2O.ClH/c20-17(14-6-7-15-13(11-14)8-9-18-15)19-10-2-4-12-3-1-5-16(12)19;/h6-7,11-12,16,18H,1-5,8-10H2;1H. The van der Waals surface area contributed by atoms with Gasteiger partial charge in [-0.1, -0.05) is 6.42 Å². The van der Waals surface area contributed by atoms with Crippen LogP contribution in [0.1, 0.15) is 48.0 Å². The molecule has 1 aliphatic carbocycles. The van der Waals surface area contributed by atoms with Crippen molar-refractivity contribution in [3.05, 3.63) is 29.3 Å². The van der Waals surface area contributed by atoms with E-state index in [1.165, 1.54) is 43.4 Å². The fraction of sp³-hybridized carbons (Fsp3) is 0.588. The van der Waals surface area contributed by atoms with Gasteiger partial charge in [0.2, 0.25) is 0 Å². The third kappa shape index (κ3) is 2.52. The Hall–Kier alpha value is -1.22. The molecule has 1 saturated carbocycles. The number of carbonyl (C=O) groups excluding carboxylic acids is 1. The molecule has 2 fully saturated rings. The Labute approximate surface area is 132 Å². The normalized spacial score (nSPS) is 26.6. The Morgan fingerprint density at radius 3 is 2.95 bits per heavy atom. The summed E-state index contributed by atoms with van der Waals surface area (Å²) in [5, 5.41) is 3.36. The van der Waals surface area contributed by atoms with E-state index in [2.05, 4.69) is 22.3 Å². The van der Waals surface area contributed by atoms with Crippen LogP contribution in [0.15, 0.2) is 18.2 Å². The van der Waals surface area contributed by atoms with Crippen molar-refractivity contribution in [1.29, 1.82) is 0 Å². The van der Waals surface area contributed by atoms with Crippen LogP contribution in [0.25, 0.3) is 0 Å². The highest BCUT2D eigenvalue weighted by atomic mass is 35.5. The van der Waals surface area contributed by atoms with Crippen LogP contribution in [0.3, 0.4) is 0 Å². The van der Waals surface area contributed by atoms with Crippen molar-refractivity contribution >= 4 is 24.0 Å². The first-order valence-corrected chi connectivity index (χ1v) is 8.01. The number of halogens is 1. The lowest BCUT2D eigenvalue weighted by Crippen LogP contribution is -2.46. The summed E-state index contributed by atoms with van der Waals surface area (Å²) in [7, 11) is 0. The summed E-state index contributed by atoms with van der Waals surface area (Å²) in [5.74, 6) is 1.03. The van der Waals surface area contributed by atoms with Gasteiger partial charge in [-0.25, -0.2) is 0 Å². The van der Waals surface area contributed by atoms with Gasteiger partial charge in [0.05, 0.1) is 0 Å². The van der Waals surface area contributed by atoms with Gasteiger partial charge in [0.25, 0.3) is 5.91 Å². The number of anilines is 1. The number of nitrogens with zero attached hydrogens (tertiary/aromatic N) is 1. The molecule has 4 rings (SSSR count). The average molecular weight is 307 g/mol. The molecule has 0 radical (unpaired) electrons. The molecule has 2 atom stereocenters. The Bertz CT molecular complexity index is 546. The number of likely N-dealkylation sites (tertiary alicyclic amines) is 1. The molecule has 0 bridgehead atoms. The summed E-state index contributed by atoms with van der Waals surface area (Å²) in [5.41, 5.74) is 3.40. The fourth-order valence-corrected chi connectivity index (χ4v) is 4.31. The van der Waals surface area contributed by atoms with E-state index < -0.39 is 0 Å². The van der Waals surface area contributed by atoms with E-state index in [1.807, 2.05) is 6.07 Å². The minimum absolute atomic E-state index is 0. The summed E-state index contributed by atoms with van der Waals surface area (Å²) in [4.78, 5) is 15.0. The Morgan fingerprint density at radius 2 is 2.05 bits per heavy atom. The summed E-state index contributed by atoms with van der Waals surface area (Å²) >= 11 is 0. The minimum atomic E-state index is 0. The smallest absolute Gasteiger partial charge is 0.254 e. The number of nitrogens with one attached hydrogen (secondary N) is 1. The lowest BCUT2D eigenvalue weighted by molar-refractivity contribution is 0.0548. The van der Waals surface area contributed by atoms with Crippen LogP contribution in [0.2, 0.25) is 0 Å². The second kappa shape index (κ2) is 5.88. The zero-order chi connectivity index (χ0) is 13.5. The SMILES string of the molecule is Cl.O=C(c1ccc2c(c1)CCN2)N1CCCC2CCCC21. The monoisotopic (exact) mass is 306 g/mol. The Morgan fingerprint density at radius 1 is 1.19 bits per heavy atom. The van der Waals surface area contributed by atoms with Crippen molar-refractivity contribution in [3.8, 4) is 0 Å². The van der Waals surface area contributed by atoms with E-state index in [0.717, 1.165) is 31.0 Å². The van der Waals surface area contributed by atoms with Crippen molar-refractivity contribution in [2.75, 3.05) is 18.4 Å². The molecule has 1 aromatic carbocycles. The van der Waals surface area contributed by atoms with Gasteiger partial charge >= 0.3 is 0 Å². The number of hydrogen-bond acceptors (Lipinski definition) is 2. The maximum absolute atomic E-state index is 12.8. The average Bonchev–Trinajstić information content (AvgIpc) is 3.13. The highest BCUT2D eigenvalue weighted by Gasteiger charge is 2.37. The van der Waals surface area contributed by atoms with Crippen molar-refractivity contribution in [3.63, 3.8) is 0 Å². The van der Waals surface area contributed by atoms with Gasteiger partial charge in [0, 0.05) is 30.4 Å². The molecule has 114 valence electrons. The predicted molar refractivity (Wildman–Crippen MR) is 87.3 cm³/mol. The van der Waals surface area contributed by atoms with E-state index in [4.69, 9.17) is 0 Å². The molecule has 1 N–H and O–H groups in total. The van der Waals surface area contributed by atoms with Gasteiger partial charge in [-0.3, -0.25) is 4.79 Å². The number of piperidine rings is 1. The molecular formula is C17H23ClN2O. The van der Waals surface area contributed by atoms with E-state index in [1.54, 1.807) is 0 Å². The van der Waals surface area contributed by atoms with E-state index in [-0.39, 0.29) is 18.3 Å². The molecular weight excluding hydrogens is 284 g/mol. The summed E-state index contributed by atoms with van der Waals surface area (Å²) in [6, 6.07) is 6.70. The number of rotatable bonds is 1. The molecule has 1 saturated heterocycles. The summed E-state index contributed by atoms with van der Waals surface area (Å²) < 4.78 is 0. The van der Waals surface area contributed by atoms with Crippen molar-refractivity contribution in [2.24, 2.45) is 5.92 Å². The molecule has 3 nitrogen and oxygen atoms in total. The van der Waals surface area contributed by atoms with Crippen LogP contribution in [-0.4, -0.2) is 29.9 Å². The number of fused-ring (bicyclic) bond motifs is 2. The molecule has 3 aliphatic rings. The third-order valence-electron chi connectivity index (χ3n) is 5.32. The predicted octanol–water partition coefficient (Wildman–Crippen LogP) is 3.48. The van der Waals surface area contributed by atoms with E-state index >= 15 is 0 Å². The fourth-order valence-electron chi connectivity index (χ4n) is 4.31. The lowest BCUT2D eigenvalue weighted by atomic mass is 9.91. The van der Waals surface area contributed by atoms with Crippen LogP contribution in [0.5, 0.6) is 0 Å². The zero-order valence-corrected chi connectivity index (χ0v) is 13.1. The lowest BCUT2D eigenvalue weighted by Gasteiger charge is -2.38. The van der Waals surface area contributed by atoms with Gasteiger partial charge < -0.3 is 10.2 Å². The maximum Gasteiger partial charge on any atom is 0.254 e. The summed E-state index contributed by atoms with van der Waals surface area (Å²) in [6.45, 7) is 1.96. The number of hydrogen-bond donors (Lipinski definition) is 1. The first kappa shape index (κ1) is 14.7. The Kier molecular flexibility index (Phi) is 4.12. The van der Waals surface area contributed by atoms with Crippen molar-refractivity contribution < 1.29 is 4.79 Å². The van der Waals surface area contributed by atoms with Gasteiger partial charge in [-0.05, 0) is 61.8 Å². The number of amides is 1. The first-order valence-electron chi connectivity index (χ1n) is 8.01. The molecule has 0 spiro atoms. The van der Waals surface area contributed by atoms with Crippen molar-refractivity contribution in [2.45, 2.75) is 44.6 Å². The largest absolute Gasteiger partial charge is 0.384 e. The number of carbonyl (C=O) groups is 1. The topological polar surface area (TPSA) is 32.3 Å². The van der Waals surface area contributed by atoms with Crippen LogP contribution >= 0.6 is 12.4 Å². The zero-order valence-electron chi connectivity index (χ0n) is 12.3. The van der Waals surface area contributed by atoms with Crippen molar-refractivity contribution in [1.82, 2.24) is 4.90 Å². The minimum Gasteiger partial charge on any atom is -0.384 e. The summed E-state index contributed by atoms with van der Waals surface area (Å²) in [6.07, 6.45) is 7.38. The van der Waals surface area contributed by atoms with Gasteiger partial charge in [0.15, 0.2) is 0 Å². The van der Waals surface area contributed by atoms with Crippen LogP contribution < -0.4 is 5.32 Å². The molecule has 21 heavy (non-hydrogen) atoms. The highest BCUT2D eigenvalue weighted by molar-refractivity contribution is 5.95. The first-order chi connectivity index (χ1) is 9.83. The van der Waals surface area contributed by atoms with Gasteiger partial charge in [-0.2, -0.15) is 0 Å². The van der Waals surface area contributed by atoms with Crippen LogP contribution in [0.4, 0.5) is 5.69 Å². The molecule has 0 aromatic heterocycles. The van der Waals surface area contributed by atoms with E-state index in [9.17, 15) is 4.79 Å². The third-order valence-corrected chi connectivity index (χ3v) is 5.32. The molecule has 1 aromatic rings. The van der Waals surface area contributed by atoms with Crippen LogP contribution in [-0.2, 0) is 6.42 Å². The van der Waals surface area contributed by atoms with E-state index in [0.29, 0.717) is 6.04 Å². The quantitative estimate of drug-likeness (QED) is 0.861. The van der Waals surface area contributed by atoms with Gasteiger partial charge in [0.1, 0.15) is 0 Å². The molecule has 1 amide bonds.